The van der Waals surface area contributed by atoms with Crippen LogP contribution < -0.4 is 10.6 Å². The molecular weight excluding hydrogens is 389 g/mol. The maximum Gasteiger partial charge on any atom is 0.416 e. The molecule has 2 aromatic carbocycles. The van der Waals surface area contributed by atoms with Crippen LogP contribution in [0.1, 0.15) is 37.7 Å². The van der Waals surface area contributed by atoms with Gasteiger partial charge in [0.1, 0.15) is 5.82 Å². The Morgan fingerprint density at radius 3 is 2.20 bits per heavy atom. The largest absolute Gasteiger partial charge is 0.416 e. The van der Waals surface area contributed by atoms with E-state index < -0.39 is 11.7 Å². The van der Waals surface area contributed by atoms with Gasteiger partial charge in [-0.25, -0.2) is 4.98 Å². The summed E-state index contributed by atoms with van der Waals surface area (Å²) in [5, 5.41) is 6.55. The molecule has 0 atom stereocenters. The molecule has 7 heteroatoms. The van der Waals surface area contributed by atoms with E-state index in [0.29, 0.717) is 23.5 Å². The predicted molar refractivity (Wildman–Crippen MR) is 113 cm³/mol. The van der Waals surface area contributed by atoms with Gasteiger partial charge in [-0.05, 0) is 37.1 Å². The van der Waals surface area contributed by atoms with Crippen molar-refractivity contribution in [1.82, 2.24) is 9.97 Å². The van der Waals surface area contributed by atoms with Gasteiger partial charge in [0.2, 0.25) is 5.95 Å². The van der Waals surface area contributed by atoms with Crippen molar-refractivity contribution in [2.24, 2.45) is 0 Å². The molecular formula is C23H23F3N4. The van der Waals surface area contributed by atoms with E-state index in [-0.39, 0.29) is 0 Å². The Bertz CT molecular complexity index is 966. The first-order valence-corrected chi connectivity index (χ1v) is 10.1. The van der Waals surface area contributed by atoms with Crippen molar-refractivity contribution in [3.05, 3.63) is 66.2 Å². The van der Waals surface area contributed by atoms with Crippen molar-refractivity contribution in [2.75, 3.05) is 10.6 Å². The summed E-state index contributed by atoms with van der Waals surface area (Å²) in [6, 6.07) is 16.8. The molecule has 1 fully saturated rings. The van der Waals surface area contributed by atoms with E-state index in [9.17, 15) is 13.2 Å². The summed E-state index contributed by atoms with van der Waals surface area (Å²) < 4.78 is 38.4. The van der Waals surface area contributed by atoms with Crippen LogP contribution in [-0.4, -0.2) is 16.0 Å². The minimum absolute atomic E-state index is 0.337. The maximum atomic E-state index is 12.8. The Balaban J connectivity index is 1.61. The van der Waals surface area contributed by atoms with Gasteiger partial charge in [0.25, 0.3) is 0 Å². The summed E-state index contributed by atoms with van der Waals surface area (Å²) in [6.45, 7) is 0. The van der Waals surface area contributed by atoms with Crippen LogP contribution in [0.3, 0.4) is 0 Å². The third-order valence-electron chi connectivity index (χ3n) is 5.22. The number of anilines is 3. The van der Waals surface area contributed by atoms with Crippen molar-refractivity contribution in [3.8, 4) is 11.3 Å². The van der Waals surface area contributed by atoms with Gasteiger partial charge in [-0.3, -0.25) is 0 Å². The van der Waals surface area contributed by atoms with Gasteiger partial charge >= 0.3 is 6.18 Å². The van der Waals surface area contributed by atoms with Gasteiger partial charge in [0, 0.05) is 23.4 Å². The lowest BCUT2D eigenvalue weighted by molar-refractivity contribution is -0.137. The molecule has 0 saturated heterocycles. The second-order valence-electron chi connectivity index (χ2n) is 7.51. The number of alkyl halides is 3. The molecule has 2 N–H and O–H groups in total. The molecule has 0 radical (unpaired) electrons. The van der Waals surface area contributed by atoms with Crippen LogP contribution in [-0.2, 0) is 6.18 Å². The Hall–Kier alpha value is -3.09. The SMILES string of the molecule is FC(F)(F)c1ccc(Nc2cc(-c3ccccc3)nc(NC3CCCCC3)n2)cc1. The Morgan fingerprint density at radius 2 is 1.53 bits per heavy atom. The number of benzene rings is 2. The van der Waals surface area contributed by atoms with Crippen LogP contribution in [0.15, 0.2) is 60.7 Å². The van der Waals surface area contributed by atoms with Crippen molar-refractivity contribution < 1.29 is 13.2 Å². The quantitative estimate of drug-likeness (QED) is 0.493. The lowest BCUT2D eigenvalue weighted by Gasteiger charge is -2.23. The highest BCUT2D eigenvalue weighted by Gasteiger charge is 2.30. The monoisotopic (exact) mass is 412 g/mol. The molecule has 4 nitrogen and oxygen atoms in total. The highest BCUT2D eigenvalue weighted by molar-refractivity contribution is 5.67. The third-order valence-corrected chi connectivity index (χ3v) is 5.22. The van der Waals surface area contributed by atoms with Gasteiger partial charge in [-0.15, -0.1) is 0 Å². The first-order valence-electron chi connectivity index (χ1n) is 10.1. The van der Waals surface area contributed by atoms with Crippen LogP contribution in [0.5, 0.6) is 0 Å². The Morgan fingerprint density at radius 1 is 0.833 bits per heavy atom. The maximum absolute atomic E-state index is 12.8. The Kier molecular flexibility index (Phi) is 5.88. The van der Waals surface area contributed by atoms with Crippen molar-refractivity contribution in [3.63, 3.8) is 0 Å². The molecule has 3 aromatic rings. The number of hydrogen-bond donors (Lipinski definition) is 2. The van der Waals surface area contributed by atoms with Crippen LogP contribution in [0.25, 0.3) is 11.3 Å². The average Bonchev–Trinajstić information content (AvgIpc) is 2.75. The minimum Gasteiger partial charge on any atom is -0.351 e. The van der Waals surface area contributed by atoms with Gasteiger partial charge in [-0.1, -0.05) is 49.6 Å². The number of hydrogen-bond acceptors (Lipinski definition) is 4. The normalized spacial score (nSPS) is 15.0. The number of aromatic nitrogens is 2. The second-order valence-corrected chi connectivity index (χ2v) is 7.51. The first kappa shape index (κ1) is 20.2. The number of halogens is 3. The lowest BCUT2D eigenvalue weighted by atomic mass is 9.96. The molecule has 0 unspecified atom stereocenters. The molecule has 1 aliphatic carbocycles. The zero-order valence-electron chi connectivity index (χ0n) is 16.4. The number of rotatable bonds is 5. The van der Waals surface area contributed by atoms with Crippen LogP contribution in [0, 0.1) is 0 Å². The van der Waals surface area contributed by atoms with E-state index in [4.69, 9.17) is 0 Å². The fourth-order valence-electron chi connectivity index (χ4n) is 3.65. The average molecular weight is 412 g/mol. The van der Waals surface area contributed by atoms with Crippen LogP contribution in [0.2, 0.25) is 0 Å². The molecule has 0 spiro atoms. The molecule has 156 valence electrons. The standard InChI is InChI=1S/C23H23F3N4/c24-23(25,26)17-11-13-19(14-12-17)27-21-15-20(16-7-3-1-4-8-16)29-22(30-21)28-18-9-5-2-6-10-18/h1,3-4,7-8,11-15,18H,2,5-6,9-10H2,(H2,27,28,29,30). The molecule has 0 aliphatic heterocycles. The minimum atomic E-state index is -4.36. The molecule has 30 heavy (non-hydrogen) atoms. The van der Waals surface area contributed by atoms with Gasteiger partial charge in [0.15, 0.2) is 0 Å². The number of nitrogens with one attached hydrogen (secondary N) is 2. The topological polar surface area (TPSA) is 49.8 Å². The molecule has 1 aliphatic rings. The highest BCUT2D eigenvalue weighted by Crippen LogP contribution is 2.31. The summed E-state index contributed by atoms with van der Waals surface area (Å²) in [5.41, 5.74) is 1.55. The summed E-state index contributed by atoms with van der Waals surface area (Å²) in [5.74, 6) is 1.06. The molecule has 1 heterocycles. The summed E-state index contributed by atoms with van der Waals surface area (Å²) in [7, 11) is 0. The second kappa shape index (κ2) is 8.73. The van der Waals surface area contributed by atoms with E-state index in [1.807, 2.05) is 30.3 Å². The van der Waals surface area contributed by atoms with E-state index >= 15 is 0 Å². The molecule has 0 amide bonds. The van der Waals surface area contributed by atoms with Gasteiger partial charge < -0.3 is 10.6 Å². The summed E-state index contributed by atoms with van der Waals surface area (Å²) in [6.07, 6.45) is 1.44. The molecule has 4 rings (SSSR count). The molecule has 1 saturated carbocycles. The van der Waals surface area contributed by atoms with E-state index in [1.54, 1.807) is 6.07 Å². The highest BCUT2D eigenvalue weighted by atomic mass is 19.4. The summed E-state index contributed by atoms with van der Waals surface area (Å²) >= 11 is 0. The molecule has 0 bridgehead atoms. The van der Waals surface area contributed by atoms with E-state index in [0.717, 1.165) is 36.2 Å². The van der Waals surface area contributed by atoms with Crippen molar-refractivity contribution in [1.29, 1.82) is 0 Å². The van der Waals surface area contributed by atoms with Crippen LogP contribution >= 0.6 is 0 Å². The Labute approximate surface area is 173 Å². The number of nitrogens with zero attached hydrogens (tertiary/aromatic N) is 2. The van der Waals surface area contributed by atoms with Gasteiger partial charge in [0.05, 0.1) is 11.3 Å². The van der Waals surface area contributed by atoms with Crippen molar-refractivity contribution >= 4 is 17.5 Å². The lowest BCUT2D eigenvalue weighted by Crippen LogP contribution is -2.23. The predicted octanol–water partition coefficient (Wildman–Crippen LogP) is 6.65. The smallest absolute Gasteiger partial charge is 0.351 e. The van der Waals surface area contributed by atoms with Gasteiger partial charge in [-0.2, -0.15) is 18.2 Å². The zero-order chi connectivity index (χ0) is 21.0. The van der Waals surface area contributed by atoms with E-state index in [2.05, 4.69) is 20.6 Å². The fourth-order valence-corrected chi connectivity index (χ4v) is 3.65. The first-order chi connectivity index (χ1) is 14.5. The molecule has 1 aromatic heterocycles. The zero-order valence-corrected chi connectivity index (χ0v) is 16.4. The summed E-state index contributed by atoms with van der Waals surface area (Å²) in [4.78, 5) is 9.24. The van der Waals surface area contributed by atoms with Crippen molar-refractivity contribution in [2.45, 2.75) is 44.3 Å². The van der Waals surface area contributed by atoms with Crippen LogP contribution in [0.4, 0.5) is 30.6 Å². The fraction of sp³-hybridized carbons (Fsp3) is 0.304. The third kappa shape index (κ3) is 5.09. The van der Waals surface area contributed by atoms with E-state index in [1.165, 1.54) is 31.4 Å².